The van der Waals surface area contributed by atoms with E-state index < -0.39 is 0 Å². The van der Waals surface area contributed by atoms with Crippen LogP contribution in [0.15, 0.2) is 41.0 Å². The average Bonchev–Trinajstić information content (AvgIpc) is 2.43. The van der Waals surface area contributed by atoms with Crippen LogP contribution in [0.1, 0.15) is 50.4 Å². The Kier molecular flexibility index (Phi) is 7.37. The molecule has 0 spiro atoms. The van der Waals surface area contributed by atoms with E-state index in [2.05, 4.69) is 37.4 Å². The summed E-state index contributed by atoms with van der Waals surface area (Å²) in [6.45, 7) is 6.35. The van der Waals surface area contributed by atoms with Gasteiger partial charge in [0.25, 0.3) is 5.91 Å². The van der Waals surface area contributed by atoms with Gasteiger partial charge in [-0.1, -0.05) is 18.6 Å². The van der Waals surface area contributed by atoms with Crippen LogP contribution in [0.3, 0.4) is 0 Å². The summed E-state index contributed by atoms with van der Waals surface area (Å²) in [6, 6.07) is 5.37. The molecule has 4 heteroatoms. The number of hydrazone groups is 1. The second kappa shape index (κ2) is 9.06. The summed E-state index contributed by atoms with van der Waals surface area (Å²) < 4.78 is 12.7. The highest BCUT2D eigenvalue weighted by atomic mass is 19.1. The molecule has 1 aromatic carbocycles. The number of halogens is 1. The van der Waals surface area contributed by atoms with E-state index in [0.29, 0.717) is 11.5 Å². The van der Waals surface area contributed by atoms with E-state index >= 15 is 0 Å². The molecule has 0 aliphatic rings. The average molecular weight is 290 g/mol. The molecule has 21 heavy (non-hydrogen) atoms. The van der Waals surface area contributed by atoms with Crippen LogP contribution in [-0.4, -0.2) is 12.1 Å². The fourth-order valence-corrected chi connectivity index (χ4v) is 1.78. The molecule has 0 saturated heterocycles. The number of allylic oxidation sites excluding steroid dienone is 2. The third-order valence-electron chi connectivity index (χ3n) is 3.08. The Hall–Kier alpha value is -1.97. The van der Waals surface area contributed by atoms with Gasteiger partial charge in [0.15, 0.2) is 0 Å². The van der Waals surface area contributed by atoms with Gasteiger partial charge in [0.05, 0.1) is 0 Å². The molecular formula is C17H23FN2O. The van der Waals surface area contributed by atoms with Gasteiger partial charge < -0.3 is 0 Å². The van der Waals surface area contributed by atoms with Gasteiger partial charge in [0.2, 0.25) is 0 Å². The van der Waals surface area contributed by atoms with Crippen molar-refractivity contribution in [3.63, 3.8) is 0 Å². The van der Waals surface area contributed by atoms with Gasteiger partial charge in [0, 0.05) is 11.8 Å². The molecule has 0 fully saturated rings. The lowest BCUT2D eigenvalue weighted by Crippen LogP contribution is -2.17. The standard InChI is InChI=1S/C17H23FN2O/c1-13(2)5-4-6-14(3)11-12-19-20-17(21)15-7-9-16(18)10-8-15/h5,7-10,12,14H,4,6,11H2,1-3H3,(H,20,21). The summed E-state index contributed by atoms with van der Waals surface area (Å²) in [4.78, 5) is 11.7. The number of carbonyl (C=O) groups is 1. The summed E-state index contributed by atoms with van der Waals surface area (Å²) in [7, 11) is 0. The van der Waals surface area contributed by atoms with Gasteiger partial charge in [0.1, 0.15) is 5.82 Å². The van der Waals surface area contributed by atoms with E-state index in [-0.39, 0.29) is 11.7 Å². The second-order valence-corrected chi connectivity index (χ2v) is 5.46. The molecule has 1 N–H and O–H groups in total. The van der Waals surface area contributed by atoms with Crippen molar-refractivity contribution < 1.29 is 9.18 Å². The normalized spacial score (nSPS) is 12.2. The predicted molar refractivity (Wildman–Crippen MR) is 84.8 cm³/mol. The van der Waals surface area contributed by atoms with Crippen LogP contribution in [0.4, 0.5) is 4.39 Å². The highest BCUT2D eigenvalue weighted by Gasteiger charge is 2.03. The number of rotatable bonds is 7. The molecule has 1 rings (SSSR count). The minimum absolute atomic E-state index is 0.330. The third-order valence-corrected chi connectivity index (χ3v) is 3.08. The first-order valence-electron chi connectivity index (χ1n) is 7.20. The minimum Gasteiger partial charge on any atom is -0.267 e. The summed E-state index contributed by atoms with van der Waals surface area (Å²) >= 11 is 0. The van der Waals surface area contributed by atoms with Crippen molar-refractivity contribution in [3.05, 3.63) is 47.3 Å². The first kappa shape index (κ1) is 17.1. The van der Waals surface area contributed by atoms with E-state index in [0.717, 1.165) is 19.3 Å². The molecule has 1 aromatic rings. The van der Waals surface area contributed by atoms with Crippen LogP contribution >= 0.6 is 0 Å². The fraction of sp³-hybridized carbons (Fsp3) is 0.412. The quantitative estimate of drug-likeness (QED) is 0.453. The van der Waals surface area contributed by atoms with Crippen LogP contribution in [-0.2, 0) is 0 Å². The molecule has 1 atom stereocenters. The van der Waals surface area contributed by atoms with E-state index in [4.69, 9.17) is 0 Å². The van der Waals surface area contributed by atoms with Crippen LogP contribution in [0.2, 0.25) is 0 Å². The third kappa shape index (κ3) is 7.40. The molecule has 1 unspecified atom stereocenters. The maximum Gasteiger partial charge on any atom is 0.271 e. The van der Waals surface area contributed by atoms with Crippen LogP contribution < -0.4 is 5.43 Å². The van der Waals surface area contributed by atoms with Gasteiger partial charge in [-0.15, -0.1) is 0 Å². The Bertz CT molecular complexity index is 502. The molecule has 0 aromatic heterocycles. The summed E-state index contributed by atoms with van der Waals surface area (Å²) in [5, 5.41) is 3.92. The van der Waals surface area contributed by atoms with Gasteiger partial charge in [-0.25, -0.2) is 9.82 Å². The highest BCUT2D eigenvalue weighted by molar-refractivity contribution is 5.94. The number of nitrogens with one attached hydrogen (secondary N) is 1. The SMILES string of the molecule is CC(C)=CCCC(C)CC=NNC(=O)c1ccc(F)cc1. The highest BCUT2D eigenvalue weighted by Crippen LogP contribution is 2.10. The first-order valence-corrected chi connectivity index (χ1v) is 7.20. The van der Waals surface area contributed by atoms with E-state index in [1.807, 2.05) is 0 Å². The molecule has 0 aliphatic carbocycles. The second-order valence-electron chi connectivity index (χ2n) is 5.46. The first-order chi connectivity index (χ1) is 9.99. The van der Waals surface area contributed by atoms with Gasteiger partial charge >= 0.3 is 0 Å². The Labute approximate surface area is 125 Å². The Morgan fingerprint density at radius 1 is 1.33 bits per heavy atom. The van der Waals surface area contributed by atoms with Crippen molar-refractivity contribution in [3.8, 4) is 0 Å². The molecule has 0 saturated carbocycles. The zero-order valence-corrected chi connectivity index (χ0v) is 12.9. The molecule has 114 valence electrons. The van der Waals surface area contributed by atoms with Crippen molar-refractivity contribution in [2.75, 3.05) is 0 Å². The van der Waals surface area contributed by atoms with Crippen molar-refractivity contribution in [1.29, 1.82) is 0 Å². The molecule has 0 heterocycles. The number of nitrogens with zero attached hydrogens (tertiary/aromatic N) is 1. The number of benzene rings is 1. The lowest BCUT2D eigenvalue weighted by atomic mass is 10.0. The Morgan fingerprint density at radius 3 is 2.62 bits per heavy atom. The zero-order valence-electron chi connectivity index (χ0n) is 12.9. The number of hydrogen-bond donors (Lipinski definition) is 1. The Morgan fingerprint density at radius 2 is 2.00 bits per heavy atom. The maximum atomic E-state index is 12.7. The topological polar surface area (TPSA) is 41.5 Å². The van der Waals surface area contributed by atoms with Crippen molar-refractivity contribution in [2.24, 2.45) is 11.0 Å². The van der Waals surface area contributed by atoms with Crippen molar-refractivity contribution in [1.82, 2.24) is 5.43 Å². The monoisotopic (exact) mass is 290 g/mol. The number of amides is 1. The molecule has 0 radical (unpaired) electrons. The Balaban J connectivity index is 2.29. The maximum absolute atomic E-state index is 12.7. The summed E-state index contributed by atoms with van der Waals surface area (Å²) in [5.41, 5.74) is 4.17. The smallest absolute Gasteiger partial charge is 0.267 e. The number of carbonyl (C=O) groups excluding carboxylic acids is 1. The molecular weight excluding hydrogens is 267 g/mol. The molecule has 1 amide bonds. The summed E-state index contributed by atoms with van der Waals surface area (Å²) in [6.07, 6.45) is 6.93. The number of hydrogen-bond acceptors (Lipinski definition) is 2. The van der Waals surface area contributed by atoms with Crippen LogP contribution in [0, 0.1) is 11.7 Å². The van der Waals surface area contributed by atoms with Crippen LogP contribution in [0.25, 0.3) is 0 Å². The largest absolute Gasteiger partial charge is 0.271 e. The lowest BCUT2D eigenvalue weighted by molar-refractivity contribution is 0.0955. The van der Waals surface area contributed by atoms with E-state index in [1.54, 1.807) is 6.21 Å². The van der Waals surface area contributed by atoms with Crippen molar-refractivity contribution in [2.45, 2.75) is 40.0 Å². The molecule has 0 aliphatic heterocycles. The molecule has 3 nitrogen and oxygen atoms in total. The van der Waals surface area contributed by atoms with Crippen LogP contribution in [0.5, 0.6) is 0 Å². The predicted octanol–water partition coefficient (Wildman–Crippen LogP) is 4.31. The fourth-order valence-electron chi connectivity index (χ4n) is 1.78. The van der Waals surface area contributed by atoms with E-state index in [9.17, 15) is 9.18 Å². The lowest BCUT2D eigenvalue weighted by Gasteiger charge is -2.06. The molecule has 0 bridgehead atoms. The van der Waals surface area contributed by atoms with Crippen molar-refractivity contribution >= 4 is 12.1 Å². The summed E-state index contributed by atoms with van der Waals surface area (Å²) in [5.74, 6) is -0.171. The van der Waals surface area contributed by atoms with E-state index in [1.165, 1.54) is 29.8 Å². The minimum atomic E-state index is -0.361. The van der Waals surface area contributed by atoms with Gasteiger partial charge in [-0.3, -0.25) is 4.79 Å². The van der Waals surface area contributed by atoms with Gasteiger partial charge in [-0.05, 0) is 63.3 Å². The zero-order chi connectivity index (χ0) is 15.7. The van der Waals surface area contributed by atoms with Gasteiger partial charge in [-0.2, -0.15) is 5.10 Å².